The van der Waals surface area contributed by atoms with E-state index in [1.54, 1.807) is 7.11 Å². The van der Waals surface area contributed by atoms with Gasteiger partial charge in [0, 0.05) is 11.5 Å². The molecule has 2 aliphatic rings. The lowest BCUT2D eigenvalue weighted by Crippen LogP contribution is -2.13. The molecule has 1 fully saturated rings. The minimum absolute atomic E-state index is 0.0776. The number of rotatable bonds is 3. The zero-order chi connectivity index (χ0) is 14.3. The highest BCUT2D eigenvalue weighted by atomic mass is 35.5. The molecule has 0 saturated heterocycles. The number of carbonyl (C=O) groups excluding carboxylic acids is 1. The van der Waals surface area contributed by atoms with Crippen molar-refractivity contribution in [2.45, 2.75) is 38.5 Å². The van der Waals surface area contributed by atoms with Gasteiger partial charge >= 0.3 is 0 Å². The van der Waals surface area contributed by atoms with Crippen LogP contribution in [0.2, 0.25) is 10.0 Å². The highest BCUT2D eigenvalue weighted by molar-refractivity contribution is 6.45. The van der Waals surface area contributed by atoms with E-state index in [0.717, 1.165) is 18.4 Å². The fourth-order valence-corrected chi connectivity index (χ4v) is 4.16. The molecule has 1 atom stereocenters. The van der Waals surface area contributed by atoms with E-state index in [2.05, 4.69) is 0 Å². The summed E-state index contributed by atoms with van der Waals surface area (Å²) in [5.74, 6) is 1.51. The Morgan fingerprint density at radius 3 is 2.60 bits per heavy atom. The smallest absolute Gasteiger partial charge is 0.168 e. The Hall–Kier alpha value is -0.730. The van der Waals surface area contributed by atoms with Crippen LogP contribution in [0.5, 0.6) is 5.75 Å². The third-order valence-electron chi connectivity index (χ3n) is 4.65. The maximum Gasteiger partial charge on any atom is 0.168 e. The number of ether oxygens (including phenoxy) is 1. The average molecular weight is 313 g/mol. The maximum absolute atomic E-state index is 12.6. The average Bonchev–Trinajstić information content (AvgIpc) is 3.04. The van der Waals surface area contributed by atoms with E-state index >= 15 is 0 Å². The van der Waals surface area contributed by atoms with Crippen LogP contribution in [0.3, 0.4) is 0 Å². The lowest BCUT2D eigenvalue weighted by molar-refractivity contribution is 0.0919. The Morgan fingerprint density at radius 1 is 1.25 bits per heavy atom. The predicted molar refractivity (Wildman–Crippen MR) is 81.1 cm³/mol. The summed E-state index contributed by atoms with van der Waals surface area (Å²) in [7, 11) is 1.57. The zero-order valence-electron chi connectivity index (χ0n) is 11.5. The molecular weight excluding hydrogens is 295 g/mol. The van der Waals surface area contributed by atoms with Crippen LogP contribution in [0.4, 0.5) is 0 Å². The number of fused-ring (bicyclic) bond motifs is 1. The van der Waals surface area contributed by atoms with Crippen molar-refractivity contribution < 1.29 is 9.53 Å². The third-order valence-corrected chi connectivity index (χ3v) is 5.50. The lowest BCUT2D eigenvalue weighted by Gasteiger charge is -2.13. The first-order valence-electron chi connectivity index (χ1n) is 7.21. The molecule has 1 aromatic carbocycles. The molecule has 0 radical (unpaired) electrons. The Balaban J connectivity index is 1.88. The minimum Gasteiger partial charge on any atom is -0.495 e. The summed E-state index contributed by atoms with van der Waals surface area (Å²) in [6.07, 6.45) is 6.90. The maximum atomic E-state index is 12.6. The van der Waals surface area contributed by atoms with Gasteiger partial charge in [-0.15, -0.1) is 0 Å². The second-order valence-electron chi connectivity index (χ2n) is 5.89. The van der Waals surface area contributed by atoms with Gasteiger partial charge in [0.1, 0.15) is 10.8 Å². The van der Waals surface area contributed by atoms with Crippen molar-refractivity contribution in [3.05, 3.63) is 27.2 Å². The van der Waals surface area contributed by atoms with Gasteiger partial charge in [-0.25, -0.2) is 0 Å². The number of carbonyl (C=O) groups is 1. The van der Waals surface area contributed by atoms with Gasteiger partial charge in [0.2, 0.25) is 0 Å². The van der Waals surface area contributed by atoms with Gasteiger partial charge in [-0.05, 0) is 30.4 Å². The van der Waals surface area contributed by atoms with E-state index in [0.29, 0.717) is 27.3 Å². The van der Waals surface area contributed by atoms with Crippen molar-refractivity contribution >= 4 is 29.0 Å². The molecule has 0 aliphatic heterocycles. The molecule has 0 N–H and O–H groups in total. The summed E-state index contributed by atoms with van der Waals surface area (Å²) in [6, 6.07) is 1.87. The van der Waals surface area contributed by atoms with Gasteiger partial charge in [0.25, 0.3) is 0 Å². The minimum atomic E-state index is 0.0776. The monoisotopic (exact) mass is 312 g/mol. The molecule has 0 aromatic heterocycles. The van der Waals surface area contributed by atoms with E-state index in [-0.39, 0.29) is 11.7 Å². The number of hydrogen-bond acceptors (Lipinski definition) is 2. The van der Waals surface area contributed by atoms with Crippen LogP contribution in [0.1, 0.15) is 48.0 Å². The van der Waals surface area contributed by atoms with Crippen molar-refractivity contribution in [2.75, 3.05) is 7.11 Å². The van der Waals surface area contributed by atoms with Gasteiger partial charge in [0.15, 0.2) is 5.78 Å². The highest BCUT2D eigenvalue weighted by Gasteiger charge is 2.36. The number of methoxy groups -OCH3 is 1. The summed E-state index contributed by atoms with van der Waals surface area (Å²) in [5.41, 5.74) is 1.62. The third kappa shape index (κ3) is 2.33. The van der Waals surface area contributed by atoms with Gasteiger partial charge in [-0.3, -0.25) is 4.79 Å². The molecule has 3 rings (SSSR count). The number of halogens is 2. The van der Waals surface area contributed by atoms with Crippen molar-refractivity contribution in [3.8, 4) is 5.75 Å². The summed E-state index contributed by atoms with van der Waals surface area (Å²) in [4.78, 5) is 12.6. The SMILES string of the molecule is COc1cc2c(c(Cl)c1Cl)C(=O)C(CC1CCCC1)C2. The van der Waals surface area contributed by atoms with Crippen molar-refractivity contribution in [2.24, 2.45) is 11.8 Å². The summed E-state index contributed by atoms with van der Waals surface area (Å²) in [6.45, 7) is 0. The standard InChI is InChI=1S/C16H18Cl2O2/c1-20-12-8-10-7-11(6-9-4-2-3-5-9)16(19)13(10)15(18)14(12)17/h8-9,11H,2-7H2,1H3. The summed E-state index contributed by atoms with van der Waals surface area (Å²) < 4.78 is 5.23. The Bertz CT molecular complexity index is 548. The quantitative estimate of drug-likeness (QED) is 0.790. The Labute approximate surface area is 129 Å². The number of ketones is 1. The van der Waals surface area contributed by atoms with E-state index in [4.69, 9.17) is 27.9 Å². The van der Waals surface area contributed by atoms with Gasteiger partial charge in [-0.2, -0.15) is 0 Å². The van der Waals surface area contributed by atoms with E-state index in [1.807, 2.05) is 6.07 Å². The van der Waals surface area contributed by atoms with Crippen LogP contribution >= 0.6 is 23.2 Å². The van der Waals surface area contributed by atoms with Crippen molar-refractivity contribution in [1.82, 2.24) is 0 Å². The van der Waals surface area contributed by atoms with Crippen LogP contribution < -0.4 is 4.74 Å². The fraction of sp³-hybridized carbons (Fsp3) is 0.562. The zero-order valence-corrected chi connectivity index (χ0v) is 13.1. The Kier molecular flexibility index (Phi) is 3.96. The highest BCUT2D eigenvalue weighted by Crippen LogP contribution is 2.44. The van der Waals surface area contributed by atoms with Crippen molar-refractivity contribution in [3.63, 3.8) is 0 Å². The molecule has 0 spiro atoms. The molecule has 0 heterocycles. The molecule has 20 heavy (non-hydrogen) atoms. The van der Waals surface area contributed by atoms with Gasteiger partial charge in [0.05, 0.1) is 12.1 Å². The molecule has 108 valence electrons. The number of benzene rings is 1. The van der Waals surface area contributed by atoms with Crippen LogP contribution in [0.15, 0.2) is 6.07 Å². The largest absolute Gasteiger partial charge is 0.495 e. The lowest BCUT2D eigenvalue weighted by atomic mass is 9.90. The molecule has 2 nitrogen and oxygen atoms in total. The number of hydrogen-bond donors (Lipinski definition) is 0. The summed E-state index contributed by atoms with van der Waals surface area (Å²) in [5, 5.41) is 0.711. The van der Waals surface area contributed by atoms with Crippen LogP contribution in [0.25, 0.3) is 0 Å². The summed E-state index contributed by atoms with van der Waals surface area (Å²) >= 11 is 12.4. The van der Waals surface area contributed by atoms with E-state index in [1.165, 1.54) is 25.7 Å². The van der Waals surface area contributed by atoms with Crippen LogP contribution in [0, 0.1) is 11.8 Å². The first-order chi connectivity index (χ1) is 9.61. The molecule has 1 saturated carbocycles. The normalized spacial score (nSPS) is 22.4. The topological polar surface area (TPSA) is 26.3 Å². The van der Waals surface area contributed by atoms with Crippen molar-refractivity contribution in [1.29, 1.82) is 0 Å². The molecule has 2 aliphatic carbocycles. The second-order valence-corrected chi connectivity index (χ2v) is 6.65. The second kappa shape index (κ2) is 5.57. The van der Waals surface area contributed by atoms with E-state index < -0.39 is 0 Å². The predicted octanol–water partition coefficient (Wildman–Crippen LogP) is 4.94. The van der Waals surface area contributed by atoms with Crippen LogP contribution in [-0.2, 0) is 6.42 Å². The number of Topliss-reactive ketones (excluding diaryl/α,β-unsaturated/α-hetero) is 1. The molecule has 0 bridgehead atoms. The molecule has 1 unspecified atom stereocenters. The first kappa shape index (κ1) is 14.2. The van der Waals surface area contributed by atoms with Crippen LogP contribution in [-0.4, -0.2) is 12.9 Å². The Morgan fingerprint density at radius 2 is 1.95 bits per heavy atom. The molecule has 0 amide bonds. The van der Waals surface area contributed by atoms with Gasteiger partial charge < -0.3 is 4.74 Å². The van der Waals surface area contributed by atoms with E-state index in [9.17, 15) is 4.79 Å². The molecule has 4 heteroatoms. The molecule has 1 aromatic rings. The molecular formula is C16H18Cl2O2. The first-order valence-corrected chi connectivity index (χ1v) is 7.96. The fourth-order valence-electron chi connectivity index (χ4n) is 3.63. The van der Waals surface area contributed by atoms with Gasteiger partial charge in [-0.1, -0.05) is 48.9 Å².